The lowest BCUT2D eigenvalue weighted by Crippen LogP contribution is -2.56. The smallest absolute Gasteiger partial charge is 0.338 e. The molecular formula is C5H11N3O3. The highest BCUT2D eigenvalue weighted by atomic mass is 16.4. The molecular weight excluding hydrogens is 150 g/mol. The van der Waals surface area contributed by atoms with Gasteiger partial charge in [0.05, 0.1) is 0 Å². The van der Waals surface area contributed by atoms with Crippen LogP contribution in [0.15, 0.2) is 0 Å². The third-order valence-electron chi connectivity index (χ3n) is 1.18. The van der Waals surface area contributed by atoms with Gasteiger partial charge in [0.2, 0.25) is 5.91 Å². The Labute approximate surface area is 63.3 Å². The molecule has 0 radical (unpaired) electrons. The van der Waals surface area contributed by atoms with Gasteiger partial charge in [-0.1, -0.05) is 0 Å². The predicted molar refractivity (Wildman–Crippen MR) is 37.2 cm³/mol. The number of nitrogens with two attached hydrogens (primary N) is 3. The largest absolute Gasteiger partial charge is 0.479 e. The Hall–Kier alpha value is -1.14. The van der Waals surface area contributed by atoms with Crippen LogP contribution in [0.2, 0.25) is 0 Å². The number of hydrogen-bond donors (Lipinski definition) is 4. The highest BCUT2D eigenvalue weighted by Gasteiger charge is 2.28. The molecule has 0 saturated carbocycles. The highest BCUT2D eigenvalue weighted by Crippen LogP contribution is 2.01. The molecule has 0 saturated heterocycles. The Balaban J connectivity index is 3.92. The van der Waals surface area contributed by atoms with Gasteiger partial charge in [0.1, 0.15) is 0 Å². The fourth-order valence-electron chi connectivity index (χ4n) is 0.437. The zero-order valence-corrected chi connectivity index (χ0v) is 5.91. The maximum atomic E-state index is 10.2. The SMILES string of the molecule is NC(=O)CCC(N)(N)C(=O)O. The lowest BCUT2D eigenvalue weighted by Gasteiger charge is -2.17. The van der Waals surface area contributed by atoms with Gasteiger partial charge in [0.25, 0.3) is 0 Å². The molecule has 11 heavy (non-hydrogen) atoms. The van der Waals surface area contributed by atoms with Crippen molar-refractivity contribution in [3.05, 3.63) is 0 Å². The van der Waals surface area contributed by atoms with E-state index < -0.39 is 17.5 Å². The van der Waals surface area contributed by atoms with Crippen molar-refractivity contribution in [2.24, 2.45) is 17.2 Å². The fraction of sp³-hybridized carbons (Fsp3) is 0.600. The molecule has 1 amide bonds. The third kappa shape index (κ3) is 3.54. The molecule has 64 valence electrons. The van der Waals surface area contributed by atoms with E-state index in [2.05, 4.69) is 0 Å². The predicted octanol–water partition coefficient (Wildman–Crippen LogP) is -2.05. The highest BCUT2D eigenvalue weighted by molar-refractivity contribution is 5.79. The minimum Gasteiger partial charge on any atom is -0.479 e. The van der Waals surface area contributed by atoms with Crippen LogP contribution in [0.4, 0.5) is 0 Å². The van der Waals surface area contributed by atoms with E-state index in [1.54, 1.807) is 0 Å². The zero-order valence-electron chi connectivity index (χ0n) is 5.91. The van der Waals surface area contributed by atoms with Crippen LogP contribution in [0.1, 0.15) is 12.8 Å². The number of carbonyl (C=O) groups is 2. The van der Waals surface area contributed by atoms with Crippen molar-refractivity contribution in [2.75, 3.05) is 0 Å². The lowest BCUT2D eigenvalue weighted by molar-refractivity contribution is -0.143. The number of aliphatic carboxylic acids is 1. The summed E-state index contributed by atoms with van der Waals surface area (Å²) in [5.74, 6) is -1.97. The van der Waals surface area contributed by atoms with Crippen molar-refractivity contribution < 1.29 is 14.7 Å². The summed E-state index contributed by atoms with van der Waals surface area (Å²) in [6.45, 7) is 0. The van der Waals surface area contributed by atoms with E-state index in [1.807, 2.05) is 0 Å². The van der Waals surface area contributed by atoms with Crippen LogP contribution >= 0.6 is 0 Å². The standard InChI is InChI=1S/C5H11N3O3/c6-3(9)1-2-5(7,8)4(10)11/h1-2,7-8H2,(H2,6,9)(H,10,11). The Kier molecular flexibility index (Phi) is 2.97. The molecule has 0 spiro atoms. The summed E-state index contributed by atoms with van der Waals surface area (Å²) in [5, 5.41) is 8.35. The number of primary amides is 1. The quantitative estimate of drug-likeness (QED) is 0.352. The molecule has 0 bridgehead atoms. The van der Waals surface area contributed by atoms with Crippen LogP contribution in [0.3, 0.4) is 0 Å². The lowest BCUT2D eigenvalue weighted by atomic mass is 10.1. The van der Waals surface area contributed by atoms with Crippen molar-refractivity contribution in [1.29, 1.82) is 0 Å². The third-order valence-corrected chi connectivity index (χ3v) is 1.18. The number of carboxylic acid groups (broad SMARTS) is 1. The fourth-order valence-corrected chi connectivity index (χ4v) is 0.437. The minimum atomic E-state index is -1.85. The van der Waals surface area contributed by atoms with Crippen LogP contribution in [-0.4, -0.2) is 22.6 Å². The van der Waals surface area contributed by atoms with Crippen molar-refractivity contribution >= 4 is 11.9 Å². The van der Waals surface area contributed by atoms with E-state index >= 15 is 0 Å². The van der Waals surface area contributed by atoms with Crippen molar-refractivity contribution in [3.8, 4) is 0 Å². The summed E-state index contributed by atoms with van der Waals surface area (Å²) < 4.78 is 0. The van der Waals surface area contributed by atoms with Crippen LogP contribution in [0.5, 0.6) is 0 Å². The van der Waals surface area contributed by atoms with Gasteiger partial charge in [-0.15, -0.1) is 0 Å². The molecule has 0 aromatic rings. The van der Waals surface area contributed by atoms with Crippen LogP contribution in [0.25, 0.3) is 0 Å². The average Bonchev–Trinajstić information content (AvgIpc) is 1.84. The first-order valence-corrected chi connectivity index (χ1v) is 2.95. The first kappa shape index (κ1) is 9.86. The Morgan fingerprint density at radius 2 is 1.82 bits per heavy atom. The van der Waals surface area contributed by atoms with E-state index in [0.717, 1.165) is 0 Å². The first-order chi connectivity index (χ1) is 4.86. The van der Waals surface area contributed by atoms with Gasteiger partial charge in [0, 0.05) is 6.42 Å². The summed E-state index contributed by atoms with van der Waals surface area (Å²) in [7, 11) is 0. The molecule has 0 rings (SSSR count). The maximum absolute atomic E-state index is 10.2. The van der Waals surface area contributed by atoms with Gasteiger partial charge in [0.15, 0.2) is 5.66 Å². The van der Waals surface area contributed by atoms with E-state index in [-0.39, 0.29) is 12.8 Å². The number of rotatable bonds is 4. The number of carbonyl (C=O) groups excluding carboxylic acids is 1. The molecule has 6 nitrogen and oxygen atoms in total. The summed E-state index contributed by atoms with van der Waals surface area (Å²) in [6.07, 6.45) is -0.281. The molecule has 0 aliphatic heterocycles. The molecule has 0 fully saturated rings. The summed E-state index contributed by atoms with van der Waals surface area (Å²) in [6, 6.07) is 0. The normalized spacial score (nSPS) is 11.1. The van der Waals surface area contributed by atoms with Gasteiger partial charge in [-0.3, -0.25) is 4.79 Å². The number of hydrogen-bond acceptors (Lipinski definition) is 4. The van der Waals surface area contributed by atoms with Gasteiger partial charge < -0.3 is 22.3 Å². The molecule has 0 unspecified atom stereocenters. The van der Waals surface area contributed by atoms with Crippen molar-refractivity contribution in [2.45, 2.75) is 18.5 Å². The Morgan fingerprint density at radius 1 is 1.36 bits per heavy atom. The molecule has 0 atom stereocenters. The average molecular weight is 161 g/mol. The van der Waals surface area contributed by atoms with Gasteiger partial charge >= 0.3 is 5.97 Å². The monoisotopic (exact) mass is 161 g/mol. The molecule has 0 aliphatic rings. The second-order valence-corrected chi connectivity index (χ2v) is 2.31. The maximum Gasteiger partial charge on any atom is 0.338 e. The van der Waals surface area contributed by atoms with Crippen molar-refractivity contribution in [1.82, 2.24) is 0 Å². The first-order valence-electron chi connectivity index (χ1n) is 2.95. The summed E-state index contributed by atoms with van der Waals surface area (Å²) >= 11 is 0. The Morgan fingerprint density at radius 3 is 2.09 bits per heavy atom. The van der Waals surface area contributed by atoms with Crippen LogP contribution in [0, 0.1) is 0 Å². The molecule has 0 aromatic heterocycles. The van der Waals surface area contributed by atoms with E-state index in [0.29, 0.717) is 0 Å². The van der Waals surface area contributed by atoms with E-state index in [1.165, 1.54) is 0 Å². The summed E-state index contributed by atoms with van der Waals surface area (Å²) in [4.78, 5) is 20.4. The van der Waals surface area contributed by atoms with Gasteiger partial charge in [-0.25, -0.2) is 4.79 Å². The topological polar surface area (TPSA) is 132 Å². The van der Waals surface area contributed by atoms with Crippen LogP contribution < -0.4 is 17.2 Å². The van der Waals surface area contributed by atoms with Crippen molar-refractivity contribution in [3.63, 3.8) is 0 Å². The molecule has 0 heterocycles. The zero-order chi connectivity index (χ0) is 9.07. The summed E-state index contributed by atoms with van der Waals surface area (Å²) in [5.41, 5.74) is 13.1. The molecule has 6 heteroatoms. The second kappa shape index (κ2) is 3.31. The van der Waals surface area contributed by atoms with E-state index in [9.17, 15) is 9.59 Å². The van der Waals surface area contributed by atoms with E-state index in [4.69, 9.17) is 22.3 Å². The Bertz CT molecular complexity index is 178. The van der Waals surface area contributed by atoms with Crippen LogP contribution in [-0.2, 0) is 9.59 Å². The molecule has 0 aromatic carbocycles. The van der Waals surface area contributed by atoms with Gasteiger partial charge in [-0.05, 0) is 6.42 Å². The second-order valence-electron chi connectivity index (χ2n) is 2.31. The molecule has 7 N–H and O–H groups in total. The minimum absolute atomic E-state index is 0.126. The molecule has 0 aliphatic carbocycles. The number of carboxylic acids is 1. The van der Waals surface area contributed by atoms with Gasteiger partial charge in [-0.2, -0.15) is 0 Å². The number of amides is 1.